The van der Waals surface area contributed by atoms with Gasteiger partial charge in [-0.15, -0.1) is 0 Å². The molecule has 3 heteroatoms. The Morgan fingerprint density at radius 1 is 1.38 bits per heavy atom. The lowest BCUT2D eigenvalue weighted by Gasteiger charge is -2.59. The summed E-state index contributed by atoms with van der Waals surface area (Å²) in [6.45, 7) is 4.53. The topological polar surface area (TPSA) is 3.24 Å². The maximum absolute atomic E-state index is 13.0. The highest BCUT2D eigenvalue weighted by Crippen LogP contribution is 2.52. The number of benzene rings is 1. The van der Waals surface area contributed by atoms with E-state index in [2.05, 4.69) is 11.8 Å². The third-order valence-corrected chi connectivity index (χ3v) is 4.17. The summed E-state index contributed by atoms with van der Waals surface area (Å²) in [4.78, 5) is 2.29. The molecular weight excluding hydrogens is 225 g/mol. The van der Waals surface area contributed by atoms with E-state index in [9.17, 15) is 4.39 Å². The highest BCUT2D eigenvalue weighted by molar-refractivity contribution is 6.31. The number of hydrogen-bond acceptors (Lipinski definition) is 1. The Hall–Kier alpha value is -0.760. The maximum atomic E-state index is 13.0. The van der Waals surface area contributed by atoms with E-state index in [1.165, 1.54) is 18.9 Å². The number of rotatable bonds is 1. The van der Waals surface area contributed by atoms with Crippen LogP contribution in [0.5, 0.6) is 0 Å². The Kier molecular flexibility index (Phi) is 2.19. The van der Waals surface area contributed by atoms with Crippen LogP contribution in [0, 0.1) is 17.2 Å². The summed E-state index contributed by atoms with van der Waals surface area (Å²) >= 11 is 5.78. The third-order valence-electron chi connectivity index (χ3n) is 3.88. The van der Waals surface area contributed by atoms with Crippen LogP contribution in [-0.2, 0) is 0 Å². The fourth-order valence-electron chi connectivity index (χ4n) is 3.30. The molecule has 1 aliphatic carbocycles. The fraction of sp³-hybridized carbons (Fsp3) is 0.538. The number of hydrogen-bond donors (Lipinski definition) is 0. The molecule has 1 aliphatic heterocycles. The van der Waals surface area contributed by atoms with Gasteiger partial charge in [0.25, 0.3) is 0 Å². The molecule has 1 heterocycles. The van der Waals surface area contributed by atoms with Crippen LogP contribution < -0.4 is 4.90 Å². The number of anilines is 1. The van der Waals surface area contributed by atoms with Crippen molar-refractivity contribution >= 4 is 17.3 Å². The van der Waals surface area contributed by atoms with E-state index in [0.717, 1.165) is 24.7 Å². The lowest BCUT2D eigenvalue weighted by Crippen LogP contribution is -2.62. The first-order valence-corrected chi connectivity index (χ1v) is 6.16. The van der Waals surface area contributed by atoms with Gasteiger partial charge in [-0.05, 0) is 37.0 Å². The van der Waals surface area contributed by atoms with Gasteiger partial charge in [-0.25, -0.2) is 4.39 Å². The predicted molar refractivity (Wildman–Crippen MR) is 64.5 cm³/mol. The van der Waals surface area contributed by atoms with Crippen molar-refractivity contribution < 1.29 is 4.39 Å². The van der Waals surface area contributed by atoms with E-state index >= 15 is 0 Å². The minimum Gasteiger partial charge on any atom is -0.370 e. The second-order valence-electron chi connectivity index (χ2n) is 5.47. The van der Waals surface area contributed by atoms with E-state index in [0.29, 0.717) is 5.41 Å². The molecular formula is C13H15ClFN. The molecule has 1 aromatic rings. The molecule has 16 heavy (non-hydrogen) atoms. The average Bonchev–Trinajstić information content (AvgIpc) is 2.14. The summed E-state index contributed by atoms with van der Waals surface area (Å²) in [5.74, 6) is 0.553. The molecule has 86 valence electrons. The SMILES string of the molecule is CC1CC2(C1)CN(c1ccc(F)c(Cl)c1)C2. The first kappa shape index (κ1) is 10.4. The van der Waals surface area contributed by atoms with Gasteiger partial charge in [0, 0.05) is 24.2 Å². The van der Waals surface area contributed by atoms with Gasteiger partial charge in [0.1, 0.15) is 5.82 Å². The van der Waals surface area contributed by atoms with Crippen LogP contribution in [0.3, 0.4) is 0 Å². The molecule has 0 amide bonds. The summed E-state index contributed by atoms with van der Waals surface area (Å²) < 4.78 is 13.0. The fourth-order valence-corrected chi connectivity index (χ4v) is 3.48. The molecule has 1 aromatic carbocycles. The minimum atomic E-state index is -0.335. The van der Waals surface area contributed by atoms with E-state index in [1.54, 1.807) is 6.07 Å². The summed E-state index contributed by atoms with van der Waals surface area (Å²) in [6.07, 6.45) is 2.69. The van der Waals surface area contributed by atoms with E-state index in [1.807, 2.05) is 6.07 Å². The van der Waals surface area contributed by atoms with Gasteiger partial charge in [-0.3, -0.25) is 0 Å². The highest BCUT2D eigenvalue weighted by atomic mass is 35.5. The van der Waals surface area contributed by atoms with Crippen molar-refractivity contribution in [2.75, 3.05) is 18.0 Å². The van der Waals surface area contributed by atoms with Gasteiger partial charge in [-0.1, -0.05) is 18.5 Å². The molecule has 3 rings (SSSR count). The molecule has 1 nitrogen and oxygen atoms in total. The molecule has 0 atom stereocenters. The first-order chi connectivity index (χ1) is 7.58. The minimum absolute atomic E-state index is 0.223. The van der Waals surface area contributed by atoms with Crippen LogP contribution in [0.4, 0.5) is 10.1 Å². The molecule has 1 saturated heterocycles. The predicted octanol–water partition coefficient (Wildman–Crippen LogP) is 3.72. The van der Waals surface area contributed by atoms with E-state index in [-0.39, 0.29) is 10.8 Å². The zero-order valence-electron chi connectivity index (χ0n) is 9.34. The molecule has 1 saturated carbocycles. The molecule has 0 bridgehead atoms. The number of nitrogens with zero attached hydrogens (tertiary/aromatic N) is 1. The van der Waals surface area contributed by atoms with Gasteiger partial charge in [-0.2, -0.15) is 0 Å². The molecule has 2 aliphatic rings. The van der Waals surface area contributed by atoms with Crippen molar-refractivity contribution in [1.82, 2.24) is 0 Å². The Balaban J connectivity index is 1.70. The summed E-state index contributed by atoms with van der Waals surface area (Å²) in [6, 6.07) is 4.99. The quantitative estimate of drug-likeness (QED) is 0.722. The van der Waals surface area contributed by atoms with Crippen molar-refractivity contribution in [2.24, 2.45) is 11.3 Å². The van der Waals surface area contributed by atoms with Crippen LogP contribution in [0.2, 0.25) is 5.02 Å². The normalized spacial score (nSPS) is 23.1. The van der Waals surface area contributed by atoms with Crippen LogP contribution in [-0.4, -0.2) is 13.1 Å². The first-order valence-electron chi connectivity index (χ1n) is 5.78. The standard InChI is InChI=1S/C13H15ClFN/c1-9-5-13(6-9)7-16(8-13)10-2-3-12(15)11(14)4-10/h2-4,9H,5-8H2,1H3. The second-order valence-corrected chi connectivity index (χ2v) is 5.88. The Morgan fingerprint density at radius 3 is 2.62 bits per heavy atom. The monoisotopic (exact) mass is 239 g/mol. The smallest absolute Gasteiger partial charge is 0.141 e. The average molecular weight is 240 g/mol. The van der Waals surface area contributed by atoms with Gasteiger partial charge >= 0.3 is 0 Å². The third kappa shape index (κ3) is 1.51. The molecule has 0 aromatic heterocycles. The molecule has 0 radical (unpaired) electrons. The Labute approximate surface area is 100 Å². The van der Waals surface area contributed by atoms with Crippen molar-refractivity contribution in [3.8, 4) is 0 Å². The highest BCUT2D eigenvalue weighted by Gasteiger charge is 2.50. The Bertz CT molecular complexity index is 418. The largest absolute Gasteiger partial charge is 0.370 e. The van der Waals surface area contributed by atoms with Crippen molar-refractivity contribution in [3.05, 3.63) is 29.0 Å². The Morgan fingerprint density at radius 2 is 2.06 bits per heavy atom. The molecule has 0 unspecified atom stereocenters. The van der Waals surface area contributed by atoms with Crippen molar-refractivity contribution in [1.29, 1.82) is 0 Å². The summed E-state index contributed by atoms with van der Waals surface area (Å²) in [7, 11) is 0. The lowest BCUT2D eigenvalue weighted by molar-refractivity contribution is 0.0337. The zero-order valence-corrected chi connectivity index (χ0v) is 10.1. The van der Waals surface area contributed by atoms with Gasteiger partial charge in [0.15, 0.2) is 0 Å². The van der Waals surface area contributed by atoms with Crippen LogP contribution in [0.25, 0.3) is 0 Å². The second kappa shape index (κ2) is 3.36. The van der Waals surface area contributed by atoms with E-state index < -0.39 is 0 Å². The molecule has 0 N–H and O–H groups in total. The van der Waals surface area contributed by atoms with Crippen LogP contribution in [0.1, 0.15) is 19.8 Å². The van der Waals surface area contributed by atoms with Crippen LogP contribution in [0.15, 0.2) is 18.2 Å². The molecule has 2 fully saturated rings. The summed E-state index contributed by atoms with van der Waals surface area (Å²) in [5, 5.41) is 0.223. The zero-order chi connectivity index (χ0) is 11.3. The lowest BCUT2D eigenvalue weighted by atomic mass is 9.58. The van der Waals surface area contributed by atoms with Gasteiger partial charge < -0.3 is 4.90 Å². The maximum Gasteiger partial charge on any atom is 0.141 e. The van der Waals surface area contributed by atoms with Gasteiger partial charge in [0.05, 0.1) is 5.02 Å². The summed E-state index contributed by atoms with van der Waals surface area (Å²) in [5.41, 5.74) is 1.62. The molecule has 1 spiro atoms. The number of halogens is 2. The van der Waals surface area contributed by atoms with E-state index in [4.69, 9.17) is 11.6 Å². The van der Waals surface area contributed by atoms with Crippen LogP contribution >= 0.6 is 11.6 Å². The van der Waals surface area contributed by atoms with Crippen molar-refractivity contribution in [2.45, 2.75) is 19.8 Å². The van der Waals surface area contributed by atoms with Gasteiger partial charge in [0.2, 0.25) is 0 Å². The van der Waals surface area contributed by atoms with Crippen molar-refractivity contribution in [3.63, 3.8) is 0 Å².